The number of morpholine rings is 1. The lowest BCUT2D eigenvalue weighted by atomic mass is 10.2. The van der Waals surface area contributed by atoms with Crippen LogP contribution >= 0.6 is 11.8 Å². The van der Waals surface area contributed by atoms with Crippen LogP contribution in [0, 0.1) is 0 Å². The Kier molecular flexibility index (Phi) is 8.14. The van der Waals surface area contributed by atoms with E-state index in [9.17, 15) is 4.79 Å². The van der Waals surface area contributed by atoms with Gasteiger partial charge in [-0.3, -0.25) is 0 Å². The zero-order valence-electron chi connectivity index (χ0n) is 16.0. The molecular weight excluding hydrogens is 414 g/mol. The van der Waals surface area contributed by atoms with E-state index in [1.165, 1.54) is 4.90 Å². The Labute approximate surface area is 180 Å². The molecule has 0 bridgehead atoms. The SMILES string of the molecule is O=C(OCCOCC[NH+]1CCOCC1)N1c2ccccc2Sc2cccnc21.[Cl-]. The minimum absolute atomic E-state index is 0. The summed E-state index contributed by atoms with van der Waals surface area (Å²) in [5.41, 5.74) is 0.792. The molecule has 0 spiro atoms. The summed E-state index contributed by atoms with van der Waals surface area (Å²) in [6.45, 7) is 5.89. The van der Waals surface area contributed by atoms with Gasteiger partial charge in [-0.05, 0) is 24.3 Å². The summed E-state index contributed by atoms with van der Waals surface area (Å²) < 4.78 is 16.5. The van der Waals surface area contributed by atoms with Gasteiger partial charge in [0, 0.05) is 11.1 Å². The number of carbonyl (C=O) groups is 1. The highest BCUT2D eigenvalue weighted by molar-refractivity contribution is 7.99. The van der Waals surface area contributed by atoms with Gasteiger partial charge in [0.2, 0.25) is 0 Å². The smallest absolute Gasteiger partial charge is 0.420 e. The second kappa shape index (κ2) is 10.8. The number of nitrogens with zero attached hydrogens (tertiary/aromatic N) is 2. The lowest BCUT2D eigenvalue weighted by Gasteiger charge is -2.28. The van der Waals surface area contributed by atoms with E-state index < -0.39 is 6.09 Å². The van der Waals surface area contributed by atoms with Crippen molar-refractivity contribution in [1.29, 1.82) is 0 Å². The lowest BCUT2D eigenvalue weighted by Crippen LogP contribution is -3.14. The van der Waals surface area contributed by atoms with Gasteiger partial charge in [0.15, 0.2) is 5.82 Å². The number of fused-ring (bicyclic) bond motifs is 2. The molecule has 0 aliphatic carbocycles. The fraction of sp³-hybridized carbons (Fsp3) is 0.400. The molecule has 1 aromatic carbocycles. The van der Waals surface area contributed by atoms with Gasteiger partial charge in [-0.1, -0.05) is 23.9 Å². The molecular formula is C20H24ClN3O4S. The first-order valence-corrected chi connectivity index (χ1v) is 10.3. The van der Waals surface area contributed by atoms with Gasteiger partial charge in [-0.15, -0.1) is 0 Å². The summed E-state index contributed by atoms with van der Waals surface area (Å²) in [5, 5.41) is 0. The summed E-state index contributed by atoms with van der Waals surface area (Å²) >= 11 is 1.60. The highest BCUT2D eigenvalue weighted by atomic mass is 35.5. The number of nitrogens with one attached hydrogen (secondary N) is 1. The Hall–Kier alpha value is -1.84. The van der Waals surface area contributed by atoms with Crippen molar-refractivity contribution in [2.45, 2.75) is 9.79 Å². The van der Waals surface area contributed by atoms with Crippen molar-refractivity contribution in [2.24, 2.45) is 0 Å². The van der Waals surface area contributed by atoms with Gasteiger partial charge in [0.05, 0.1) is 37.0 Å². The average Bonchev–Trinajstić information content (AvgIpc) is 2.75. The summed E-state index contributed by atoms with van der Waals surface area (Å²) in [6, 6.07) is 11.6. The van der Waals surface area contributed by atoms with E-state index in [1.807, 2.05) is 36.4 Å². The summed E-state index contributed by atoms with van der Waals surface area (Å²) in [7, 11) is 0. The van der Waals surface area contributed by atoms with Crippen LogP contribution in [0.15, 0.2) is 52.4 Å². The molecule has 1 N–H and O–H groups in total. The van der Waals surface area contributed by atoms with Gasteiger partial charge in [0.25, 0.3) is 0 Å². The van der Waals surface area contributed by atoms with Crippen LogP contribution in [-0.2, 0) is 14.2 Å². The number of carbonyl (C=O) groups excluding carboxylic acids is 1. The van der Waals surface area contributed by atoms with E-state index in [0.29, 0.717) is 19.0 Å². The van der Waals surface area contributed by atoms with Crippen LogP contribution in [0.5, 0.6) is 0 Å². The number of para-hydroxylation sites is 1. The third-order valence-electron chi connectivity index (χ3n) is 4.72. The average molecular weight is 438 g/mol. The van der Waals surface area contributed by atoms with Crippen LogP contribution in [0.2, 0.25) is 0 Å². The van der Waals surface area contributed by atoms with E-state index in [2.05, 4.69) is 4.98 Å². The van der Waals surface area contributed by atoms with Crippen molar-refractivity contribution in [3.05, 3.63) is 42.6 Å². The Bertz CT molecular complexity index is 774. The van der Waals surface area contributed by atoms with Crippen LogP contribution in [-0.4, -0.2) is 63.7 Å². The highest BCUT2D eigenvalue weighted by Crippen LogP contribution is 2.46. The predicted octanol–water partition coefficient (Wildman–Crippen LogP) is -1.24. The minimum atomic E-state index is -0.435. The van der Waals surface area contributed by atoms with E-state index in [4.69, 9.17) is 14.2 Å². The van der Waals surface area contributed by atoms with Crippen LogP contribution < -0.4 is 22.2 Å². The molecule has 0 atom stereocenters. The zero-order valence-corrected chi connectivity index (χ0v) is 17.6. The Morgan fingerprint density at radius 2 is 1.90 bits per heavy atom. The van der Waals surface area contributed by atoms with Gasteiger partial charge in [-0.2, -0.15) is 0 Å². The van der Waals surface area contributed by atoms with E-state index in [-0.39, 0.29) is 19.0 Å². The topological polar surface area (TPSA) is 65.3 Å². The molecule has 1 saturated heterocycles. The molecule has 9 heteroatoms. The van der Waals surface area contributed by atoms with Crippen molar-refractivity contribution in [2.75, 3.05) is 57.6 Å². The normalized spacial score (nSPS) is 15.8. The molecule has 1 amide bonds. The van der Waals surface area contributed by atoms with Crippen molar-refractivity contribution in [3.63, 3.8) is 0 Å². The predicted molar refractivity (Wildman–Crippen MR) is 105 cm³/mol. The maximum atomic E-state index is 12.8. The number of hydrogen-bond acceptors (Lipinski definition) is 6. The third-order valence-corrected chi connectivity index (χ3v) is 5.83. The number of benzene rings is 1. The van der Waals surface area contributed by atoms with Crippen molar-refractivity contribution >= 4 is 29.4 Å². The third kappa shape index (κ3) is 5.40. The van der Waals surface area contributed by atoms with Crippen molar-refractivity contribution in [3.8, 4) is 0 Å². The van der Waals surface area contributed by atoms with Crippen molar-refractivity contribution < 1.29 is 36.3 Å². The van der Waals surface area contributed by atoms with Crippen LogP contribution in [0.1, 0.15) is 0 Å². The zero-order chi connectivity index (χ0) is 19.2. The summed E-state index contributed by atoms with van der Waals surface area (Å²) in [4.78, 5) is 22.1. The number of rotatable bonds is 6. The van der Waals surface area contributed by atoms with Gasteiger partial charge in [-0.25, -0.2) is 14.7 Å². The molecule has 2 aliphatic heterocycles. The second-order valence-corrected chi connectivity index (χ2v) is 7.65. The number of amides is 1. The maximum Gasteiger partial charge on any atom is 0.420 e. The van der Waals surface area contributed by atoms with Crippen molar-refractivity contribution in [1.82, 2.24) is 4.98 Å². The molecule has 3 heterocycles. The number of hydrogen-bond donors (Lipinski definition) is 1. The largest absolute Gasteiger partial charge is 1.00 e. The van der Waals surface area contributed by atoms with Gasteiger partial charge < -0.3 is 31.5 Å². The first-order chi connectivity index (χ1) is 13.8. The molecule has 29 heavy (non-hydrogen) atoms. The molecule has 0 saturated carbocycles. The molecule has 4 rings (SSSR count). The lowest BCUT2D eigenvalue weighted by molar-refractivity contribution is -0.908. The highest BCUT2D eigenvalue weighted by Gasteiger charge is 2.30. The fourth-order valence-corrected chi connectivity index (χ4v) is 4.29. The second-order valence-electron chi connectivity index (χ2n) is 6.57. The molecule has 0 unspecified atom stereocenters. The minimum Gasteiger partial charge on any atom is -1.00 e. The first-order valence-electron chi connectivity index (χ1n) is 9.51. The maximum absolute atomic E-state index is 12.8. The number of pyridine rings is 1. The monoisotopic (exact) mass is 437 g/mol. The number of ether oxygens (including phenoxy) is 3. The van der Waals surface area contributed by atoms with Gasteiger partial charge in [0.1, 0.15) is 26.2 Å². The first kappa shape index (κ1) is 21.9. The van der Waals surface area contributed by atoms with E-state index >= 15 is 0 Å². The standard InChI is InChI=1S/C20H23N3O4S.ClH/c24-20(27-15-14-26-13-10-22-8-11-25-12-9-22)23-16-4-1-2-5-17(16)28-18-6-3-7-21-19(18)23;/h1-7H,8-15H2;1H. The van der Waals surface area contributed by atoms with Gasteiger partial charge >= 0.3 is 6.09 Å². The number of aromatic nitrogens is 1. The van der Waals surface area contributed by atoms with E-state index in [1.54, 1.807) is 22.9 Å². The summed E-state index contributed by atoms with van der Waals surface area (Å²) in [6.07, 6.45) is 1.25. The van der Waals surface area contributed by atoms with Crippen LogP contribution in [0.3, 0.4) is 0 Å². The quantitative estimate of drug-likeness (QED) is 0.570. The molecule has 156 valence electrons. The molecule has 1 fully saturated rings. The van der Waals surface area contributed by atoms with Crippen LogP contribution in [0.25, 0.3) is 0 Å². The molecule has 1 aromatic heterocycles. The number of anilines is 2. The molecule has 0 radical (unpaired) electrons. The van der Waals surface area contributed by atoms with E-state index in [0.717, 1.165) is 48.3 Å². The Morgan fingerprint density at radius 3 is 2.76 bits per heavy atom. The number of halogens is 1. The molecule has 2 aliphatic rings. The fourth-order valence-electron chi connectivity index (χ4n) is 3.26. The summed E-state index contributed by atoms with van der Waals surface area (Å²) in [5.74, 6) is 0.605. The Balaban J connectivity index is 0.00000240. The van der Waals surface area contributed by atoms with Crippen LogP contribution in [0.4, 0.5) is 16.3 Å². The Morgan fingerprint density at radius 1 is 1.10 bits per heavy atom. The number of quaternary nitrogens is 1. The molecule has 2 aromatic rings. The molecule has 7 nitrogen and oxygen atoms in total.